The second-order valence-electron chi connectivity index (χ2n) is 6.62. The van der Waals surface area contributed by atoms with Crippen LogP contribution in [0.3, 0.4) is 0 Å². The van der Waals surface area contributed by atoms with E-state index >= 15 is 0 Å². The molecule has 1 saturated heterocycles. The fourth-order valence-corrected chi connectivity index (χ4v) is 4.24. The molecule has 1 N–H and O–H groups in total. The lowest BCUT2D eigenvalue weighted by Crippen LogP contribution is -2.39. The number of halogens is 2. The van der Waals surface area contributed by atoms with Gasteiger partial charge < -0.3 is 5.32 Å². The number of likely N-dealkylation sites (tertiary alicyclic amines) is 1. The Morgan fingerprint density at radius 2 is 2.23 bits per heavy atom. The van der Waals surface area contributed by atoms with Gasteiger partial charge >= 0.3 is 0 Å². The van der Waals surface area contributed by atoms with E-state index in [9.17, 15) is 13.6 Å². The lowest BCUT2D eigenvalue weighted by molar-refractivity contribution is -0.127. The van der Waals surface area contributed by atoms with Crippen LogP contribution in [0.4, 0.5) is 8.78 Å². The van der Waals surface area contributed by atoms with Crippen LogP contribution in [0, 0.1) is 23.0 Å². The lowest BCUT2D eigenvalue weighted by atomic mass is 9.76. The number of nitrogens with one attached hydrogen (secondary N) is 1. The molecular formula is C17H22F2N2O. The van der Waals surface area contributed by atoms with Gasteiger partial charge in [-0.1, -0.05) is 6.42 Å². The van der Waals surface area contributed by atoms with Gasteiger partial charge in [0.1, 0.15) is 11.6 Å². The summed E-state index contributed by atoms with van der Waals surface area (Å²) >= 11 is 0. The molecule has 5 heteroatoms. The Morgan fingerprint density at radius 1 is 1.41 bits per heavy atom. The van der Waals surface area contributed by atoms with E-state index in [0.29, 0.717) is 12.1 Å². The summed E-state index contributed by atoms with van der Waals surface area (Å²) in [4.78, 5) is 14.3. The van der Waals surface area contributed by atoms with Crippen molar-refractivity contribution in [2.75, 3.05) is 20.1 Å². The molecule has 0 aromatic heterocycles. The van der Waals surface area contributed by atoms with Crippen LogP contribution in [0.25, 0.3) is 0 Å². The summed E-state index contributed by atoms with van der Waals surface area (Å²) in [5.41, 5.74) is 0.413. The van der Waals surface area contributed by atoms with Crippen molar-refractivity contribution in [1.29, 1.82) is 0 Å². The highest BCUT2D eigenvalue weighted by Gasteiger charge is 2.49. The standard InChI is InChI=1S/C17H22F2N2O/c1-20-16(22)14-3-2-6-17(14)7-8-21(11-17)10-12-9-13(18)4-5-15(12)19/h4-5,9,14H,2-3,6-8,10-11H2,1H3,(H,20,22)/t14-,17-/m1/s1. The van der Waals surface area contributed by atoms with E-state index in [1.54, 1.807) is 7.05 Å². The first-order valence-electron chi connectivity index (χ1n) is 7.92. The number of nitrogens with zero attached hydrogens (tertiary/aromatic N) is 1. The molecule has 0 bridgehead atoms. The number of carbonyl (C=O) groups is 1. The Labute approximate surface area is 129 Å². The fourth-order valence-electron chi connectivity index (χ4n) is 4.24. The van der Waals surface area contributed by atoms with Crippen LogP contribution < -0.4 is 5.32 Å². The first-order valence-corrected chi connectivity index (χ1v) is 7.92. The van der Waals surface area contributed by atoms with E-state index in [1.807, 2.05) is 0 Å². The minimum absolute atomic E-state index is 0.0178. The molecule has 1 spiro atoms. The molecule has 1 amide bonds. The molecule has 1 aliphatic heterocycles. The minimum Gasteiger partial charge on any atom is -0.359 e. The molecular weight excluding hydrogens is 286 g/mol. The maximum Gasteiger partial charge on any atom is 0.223 e. The third-order valence-corrected chi connectivity index (χ3v) is 5.34. The van der Waals surface area contributed by atoms with Crippen LogP contribution in [0.15, 0.2) is 18.2 Å². The molecule has 0 unspecified atom stereocenters. The van der Waals surface area contributed by atoms with Crippen molar-refractivity contribution >= 4 is 5.91 Å². The molecule has 2 aliphatic rings. The second kappa shape index (κ2) is 5.95. The van der Waals surface area contributed by atoms with Gasteiger partial charge in [-0.3, -0.25) is 9.69 Å². The van der Waals surface area contributed by atoms with Crippen molar-refractivity contribution in [3.63, 3.8) is 0 Å². The summed E-state index contributed by atoms with van der Waals surface area (Å²) in [6, 6.07) is 3.59. The number of amides is 1. The predicted octanol–water partition coefficient (Wildman–Crippen LogP) is 2.70. The second-order valence-corrected chi connectivity index (χ2v) is 6.62. The highest BCUT2D eigenvalue weighted by Crippen LogP contribution is 2.50. The molecule has 0 radical (unpaired) electrons. The van der Waals surface area contributed by atoms with Crippen molar-refractivity contribution in [2.45, 2.75) is 32.2 Å². The average Bonchev–Trinajstić information content (AvgIpc) is 3.10. The van der Waals surface area contributed by atoms with E-state index < -0.39 is 5.82 Å². The molecule has 120 valence electrons. The molecule has 1 aliphatic carbocycles. The Kier molecular flexibility index (Phi) is 4.17. The summed E-state index contributed by atoms with van der Waals surface area (Å²) in [6.45, 7) is 2.04. The molecule has 3 nitrogen and oxygen atoms in total. The molecule has 3 rings (SSSR count). The van der Waals surface area contributed by atoms with Crippen LogP contribution in [-0.4, -0.2) is 30.9 Å². The number of benzene rings is 1. The zero-order chi connectivity index (χ0) is 15.7. The van der Waals surface area contributed by atoms with Gasteiger partial charge in [0.2, 0.25) is 5.91 Å². The third-order valence-electron chi connectivity index (χ3n) is 5.34. The Hall–Kier alpha value is -1.49. The van der Waals surface area contributed by atoms with E-state index in [-0.39, 0.29) is 23.1 Å². The monoisotopic (exact) mass is 308 g/mol. The summed E-state index contributed by atoms with van der Waals surface area (Å²) in [6.07, 6.45) is 4.01. The molecule has 1 heterocycles. The van der Waals surface area contributed by atoms with Crippen molar-refractivity contribution < 1.29 is 13.6 Å². The maximum atomic E-state index is 13.8. The zero-order valence-electron chi connectivity index (χ0n) is 12.9. The van der Waals surface area contributed by atoms with Crippen LogP contribution in [-0.2, 0) is 11.3 Å². The molecule has 2 atom stereocenters. The average molecular weight is 308 g/mol. The molecule has 2 fully saturated rings. The van der Waals surface area contributed by atoms with Gasteiger partial charge in [-0.2, -0.15) is 0 Å². The maximum absolute atomic E-state index is 13.8. The van der Waals surface area contributed by atoms with Crippen LogP contribution >= 0.6 is 0 Å². The highest BCUT2D eigenvalue weighted by atomic mass is 19.1. The Bertz CT molecular complexity index is 578. The number of hydrogen-bond donors (Lipinski definition) is 1. The SMILES string of the molecule is CNC(=O)[C@H]1CCC[C@]12CCN(Cc1cc(F)ccc1F)C2. The third kappa shape index (κ3) is 2.74. The summed E-state index contributed by atoms with van der Waals surface area (Å²) < 4.78 is 27.1. The summed E-state index contributed by atoms with van der Waals surface area (Å²) in [5, 5.41) is 2.77. The van der Waals surface area contributed by atoms with Gasteiger partial charge in [-0.25, -0.2) is 8.78 Å². The molecule has 22 heavy (non-hydrogen) atoms. The Morgan fingerprint density at radius 3 is 3.00 bits per heavy atom. The predicted molar refractivity (Wildman–Crippen MR) is 80.1 cm³/mol. The van der Waals surface area contributed by atoms with Crippen molar-refractivity contribution in [3.05, 3.63) is 35.4 Å². The normalized spacial score (nSPS) is 28.4. The summed E-state index contributed by atoms with van der Waals surface area (Å²) in [7, 11) is 1.68. The van der Waals surface area contributed by atoms with Crippen LogP contribution in [0.2, 0.25) is 0 Å². The minimum atomic E-state index is -0.408. The van der Waals surface area contributed by atoms with E-state index in [4.69, 9.17) is 0 Å². The summed E-state index contributed by atoms with van der Waals surface area (Å²) in [5.74, 6) is -0.595. The van der Waals surface area contributed by atoms with Gasteiger partial charge in [0.25, 0.3) is 0 Å². The molecule has 1 aromatic carbocycles. The largest absolute Gasteiger partial charge is 0.359 e. The van der Waals surface area contributed by atoms with Crippen molar-refractivity contribution in [3.8, 4) is 0 Å². The van der Waals surface area contributed by atoms with Crippen LogP contribution in [0.1, 0.15) is 31.2 Å². The number of carbonyl (C=O) groups excluding carboxylic acids is 1. The zero-order valence-corrected chi connectivity index (χ0v) is 12.9. The topological polar surface area (TPSA) is 32.3 Å². The van der Waals surface area contributed by atoms with Crippen LogP contribution in [0.5, 0.6) is 0 Å². The highest BCUT2D eigenvalue weighted by molar-refractivity contribution is 5.79. The van der Waals surface area contributed by atoms with Gasteiger partial charge in [0.05, 0.1) is 0 Å². The quantitative estimate of drug-likeness (QED) is 0.931. The Balaban J connectivity index is 1.72. The first-order chi connectivity index (χ1) is 10.5. The fraction of sp³-hybridized carbons (Fsp3) is 0.588. The van der Waals surface area contributed by atoms with Gasteiger partial charge in [0.15, 0.2) is 0 Å². The van der Waals surface area contributed by atoms with E-state index in [1.165, 1.54) is 12.1 Å². The lowest BCUT2D eigenvalue weighted by Gasteiger charge is -2.30. The van der Waals surface area contributed by atoms with E-state index in [2.05, 4.69) is 10.2 Å². The smallest absolute Gasteiger partial charge is 0.223 e. The molecule has 1 saturated carbocycles. The van der Waals surface area contributed by atoms with Crippen molar-refractivity contribution in [1.82, 2.24) is 10.2 Å². The van der Waals surface area contributed by atoms with Gasteiger partial charge in [-0.05, 0) is 49.4 Å². The first kappa shape index (κ1) is 15.4. The van der Waals surface area contributed by atoms with Gasteiger partial charge in [-0.15, -0.1) is 0 Å². The molecule has 1 aromatic rings. The van der Waals surface area contributed by atoms with Crippen molar-refractivity contribution in [2.24, 2.45) is 11.3 Å². The number of hydrogen-bond acceptors (Lipinski definition) is 2. The number of rotatable bonds is 3. The van der Waals surface area contributed by atoms with Gasteiger partial charge in [0, 0.05) is 31.6 Å². The van der Waals surface area contributed by atoms with E-state index in [0.717, 1.165) is 44.8 Å².